The van der Waals surface area contributed by atoms with Crippen LogP contribution in [0.1, 0.15) is 0 Å². The first kappa shape index (κ1) is 15.4. The molecule has 10 heteroatoms. The van der Waals surface area contributed by atoms with Gasteiger partial charge >= 0.3 is 12.0 Å². The van der Waals surface area contributed by atoms with Crippen molar-refractivity contribution in [1.29, 1.82) is 0 Å². The Bertz CT molecular complexity index is 460. The third-order valence-corrected chi connectivity index (χ3v) is 2.55. The summed E-state index contributed by atoms with van der Waals surface area (Å²) in [6.45, 7) is -2.12. The second kappa shape index (κ2) is 5.99. The topological polar surface area (TPSA) is 141 Å². The van der Waals surface area contributed by atoms with E-state index in [-0.39, 0.29) is 6.54 Å². The highest BCUT2D eigenvalue weighted by Crippen LogP contribution is 2.08. The van der Waals surface area contributed by atoms with Crippen LogP contribution in [-0.2, 0) is 19.2 Å². The molecule has 10 nitrogen and oxygen atoms in total. The van der Waals surface area contributed by atoms with Gasteiger partial charge in [-0.05, 0) is 0 Å². The predicted octanol–water partition coefficient (Wildman–Crippen LogP) is -2.72. The maximum Gasteiger partial charge on any atom is 0.327 e. The van der Waals surface area contributed by atoms with Gasteiger partial charge in [-0.2, -0.15) is 0 Å². The molecule has 0 atom stereocenters. The summed E-state index contributed by atoms with van der Waals surface area (Å²) in [5, 5.41) is 8.65. The molecule has 1 fully saturated rings. The summed E-state index contributed by atoms with van der Waals surface area (Å²) in [7, 11) is 1.39. The van der Waals surface area contributed by atoms with Crippen LogP contribution in [0.5, 0.6) is 0 Å². The Morgan fingerprint density at radius 3 is 2.30 bits per heavy atom. The van der Waals surface area contributed by atoms with Crippen molar-refractivity contribution in [2.45, 2.75) is 0 Å². The maximum atomic E-state index is 11.9. The van der Waals surface area contributed by atoms with E-state index in [9.17, 15) is 24.0 Å². The fourth-order valence-corrected chi connectivity index (χ4v) is 1.64. The molecule has 0 bridgehead atoms. The second-order valence-electron chi connectivity index (χ2n) is 4.23. The number of carbonyl (C=O) groups excluding carboxylic acids is 4. The Morgan fingerprint density at radius 1 is 1.30 bits per heavy atom. The summed E-state index contributed by atoms with van der Waals surface area (Å²) in [5.74, 6) is -3.64. The van der Waals surface area contributed by atoms with Gasteiger partial charge in [0.25, 0.3) is 5.91 Å². The van der Waals surface area contributed by atoms with Gasteiger partial charge in [0, 0.05) is 7.05 Å². The van der Waals surface area contributed by atoms with Crippen LogP contribution in [0.3, 0.4) is 0 Å². The number of imide groups is 1. The van der Waals surface area contributed by atoms with Crippen molar-refractivity contribution < 1.29 is 29.1 Å². The van der Waals surface area contributed by atoms with Crippen LogP contribution < -0.4 is 5.73 Å². The number of hydrogen-bond donors (Lipinski definition) is 2. The number of urea groups is 1. The van der Waals surface area contributed by atoms with Gasteiger partial charge in [0.05, 0.1) is 6.54 Å². The number of likely N-dealkylation sites (N-methyl/N-ethyl adjacent to an activating group) is 1. The van der Waals surface area contributed by atoms with E-state index in [0.29, 0.717) is 9.80 Å². The van der Waals surface area contributed by atoms with Gasteiger partial charge in [0.2, 0.25) is 11.8 Å². The molecule has 20 heavy (non-hydrogen) atoms. The highest BCUT2D eigenvalue weighted by Gasteiger charge is 2.36. The summed E-state index contributed by atoms with van der Waals surface area (Å²) in [4.78, 5) is 58.8. The number of rotatable bonds is 6. The predicted molar refractivity (Wildman–Crippen MR) is 63.1 cm³/mol. The smallest absolute Gasteiger partial charge is 0.327 e. The number of carbonyl (C=O) groups is 5. The van der Waals surface area contributed by atoms with E-state index in [0.717, 1.165) is 4.90 Å². The third-order valence-electron chi connectivity index (χ3n) is 2.55. The van der Waals surface area contributed by atoms with Crippen LogP contribution in [0.4, 0.5) is 4.79 Å². The van der Waals surface area contributed by atoms with E-state index < -0.39 is 49.4 Å². The zero-order valence-corrected chi connectivity index (χ0v) is 10.7. The Morgan fingerprint density at radius 2 is 1.90 bits per heavy atom. The van der Waals surface area contributed by atoms with Crippen LogP contribution in [0.2, 0.25) is 0 Å². The van der Waals surface area contributed by atoms with Crippen LogP contribution in [0.25, 0.3) is 0 Å². The summed E-state index contributed by atoms with van der Waals surface area (Å²) < 4.78 is 0. The lowest BCUT2D eigenvalue weighted by molar-refractivity contribution is -0.146. The van der Waals surface area contributed by atoms with Gasteiger partial charge < -0.3 is 20.6 Å². The molecule has 3 N–H and O–H groups in total. The van der Waals surface area contributed by atoms with Gasteiger partial charge in [-0.25, -0.2) is 4.79 Å². The van der Waals surface area contributed by atoms with E-state index >= 15 is 0 Å². The lowest BCUT2D eigenvalue weighted by Gasteiger charge is -2.21. The largest absolute Gasteiger partial charge is 0.480 e. The standard InChI is InChI=1S/C10H14N4O6/c1-12-3-8(17)14(10(12)20)4-7(16)13(2-6(11)15)5-9(18)19/h2-5H2,1H3,(H2,11,15)(H,18,19). The van der Waals surface area contributed by atoms with Crippen molar-refractivity contribution in [1.82, 2.24) is 14.7 Å². The molecular formula is C10H14N4O6. The fourth-order valence-electron chi connectivity index (χ4n) is 1.64. The minimum Gasteiger partial charge on any atom is -0.480 e. The van der Waals surface area contributed by atoms with Crippen molar-refractivity contribution in [3.05, 3.63) is 0 Å². The van der Waals surface area contributed by atoms with E-state index in [1.807, 2.05) is 0 Å². The summed E-state index contributed by atoms with van der Waals surface area (Å²) in [6.07, 6.45) is 0. The van der Waals surface area contributed by atoms with Crippen molar-refractivity contribution >= 4 is 29.7 Å². The molecule has 1 saturated heterocycles. The molecule has 0 saturated carbocycles. The second-order valence-corrected chi connectivity index (χ2v) is 4.23. The number of aliphatic carboxylic acids is 1. The summed E-state index contributed by atoms with van der Waals surface area (Å²) in [6, 6.07) is -0.655. The Balaban J connectivity index is 2.75. The lowest BCUT2D eigenvalue weighted by Crippen LogP contribution is -2.47. The number of carboxylic acid groups (broad SMARTS) is 1. The Kier molecular flexibility index (Phi) is 4.62. The molecule has 0 spiro atoms. The maximum absolute atomic E-state index is 11.9. The van der Waals surface area contributed by atoms with Crippen LogP contribution in [0, 0.1) is 0 Å². The van der Waals surface area contributed by atoms with E-state index in [1.54, 1.807) is 0 Å². The SMILES string of the molecule is CN1CC(=O)N(CC(=O)N(CC(N)=O)CC(=O)O)C1=O. The van der Waals surface area contributed by atoms with Gasteiger partial charge in [-0.3, -0.25) is 24.1 Å². The summed E-state index contributed by atoms with van der Waals surface area (Å²) in [5.41, 5.74) is 4.91. The van der Waals surface area contributed by atoms with Crippen molar-refractivity contribution in [2.75, 3.05) is 33.2 Å². The monoisotopic (exact) mass is 286 g/mol. The van der Waals surface area contributed by atoms with Crippen LogP contribution in [0.15, 0.2) is 0 Å². The first-order chi connectivity index (χ1) is 9.22. The number of amides is 5. The molecule has 0 unspecified atom stereocenters. The highest BCUT2D eigenvalue weighted by atomic mass is 16.4. The molecule has 1 aliphatic rings. The van der Waals surface area contributed by atoms with Gasteiger partial charge in [0.15, 0.2) is 0 Å². The van der Waals surface area contributed by atoms with Crippen molar-refractivity contribution in [3.8, 4) is 0 Å². The fraction of sp³-hybridized carbons (Fsp3) is 0.500. The van der Waals surface area contributed by atoms with Crippen LogP contribution >= 0.6 is 0 Å². The van der Waals surface area contributed by atoms with Gasteiger partial charge in [-0.1, -0.05) is 0 Å². The first-order valence-corrected chi connectivity index (χ1v) is 5.55. The molecule has 0 aromatic heterocycles. The molecule has 1 rings (SSSR count). The number of primary amides is 1. The number of hydrogen-bond acceptors (Lipinski definition) is 5. The highest BCUT2D eigenvalue weighted by molar-refractivity contribution is 6.04. The molecule has 5 amide bonds. The quantitative estimate of drug-likeness (QED) is 0.508. The molecule has 0 aliphatic carbocycles. The van der Waals surface area contributed by atoms with Crippen molar-refractivity contribution in [2.24, 2.45) is 5.73 Å². The molecule has 0 aromatic rings. The van der Waals surface area contributed by atoms with Crippen molar-refractivity contribution in [3.63, 3.8) is 0 Å². The van der Waals surface area contributed by atoms with Crippen LogP contribution in [-0.4, -0.2) is 82.8 Å². The normalized spacial score (nSPS) is 14.7. The molecule has 110 valence electrons. The minimum atomic E-state index is -1.34. The molecule has 1 aliphatic heterocycles. The zero-order chi connectivity index (χ0) is 15.4. The molecule has 0 radical (unpaired) electrons. The van der Waals surface area contributed by atoms with E-state index in [4.69, 9.17) is 10.8 Å². The Hall–Kier alpha value is -2.65. The van der Waals surface area contributed by atoms with Gasteiger partial charge in [-0.15, -0.1) is 0 Å². The van der Waals surface area contributed by atoms with Gasteiger partial charge in [0.1, 0.15) is 19.6 Å². The van der Waals surface area contributed by atoms with E-state index in [1.165, 1.54) is 7.05 Å². The summed E-state index contributed by atoms with van der Waals surface area (Å²) >= 11 is 0. The minimum absolute atomic E-state index is 0.152. The average Bonchev–Trinajstić information content (AvgIpc) is 2.54. The lowest BCUT2D eigenvalue weighted by atomic mass is 10.4. The number of nitrogens with two attached hydrogens (primary N) is 1. The van der Waals surface area contributed by atoms with E-state index in [2.05, 4.69) is 0 Å². The molecule has 1 heterocycles. The third kappa shape index (κ3) is 3.67. The number of nitrogens with zero attached hydrogens (tertiary/aromatic N) is 3. The molecular weight excluding hydrogens is 272 g/mol. The number of carboxylic acids is 1. The molecule has 0 aromatic carbocycles. The first-order valence-electron chi connectivity index (χ1n) is 5.55. The zero-order valence-electron chi connectivity index (χ0n) is 10.7. The average molecular weight is 286 g/mol. The Labute approximate surface area is 113 Å².